The van der Waals surface area contributed by atoms with Crippen molar-refractivity contribution in [3.63, 3.8) is 0 Å². The molecule has 106 valence electrons. The second kappa shape index (κ2) is 7.62. The van der Waals surface area contributed by atoms with Crippen LogP contribution in [0.15, 0.2) is 12.1 Å². The average molecular weight is 303 g/mol. The molecule has 0 spiro atoms. The summed E-state index contributed by atoms with van der Waals surface area (Å²) in [4.78, 5) is 26.1. The van der Waals surface area contributed by atoms with E-state index in [1.54, 1.807) is 31.0 Å². The van der Waals surface area contributed by atoms with E-state index in [0.717, 1.165) is 6.42 Å². The van der Waals surface area contributed by atoms with Crippen molar-refractivity contribution < 1.29 is 9.59 Å². The van der Waals surface area contributed by atoms with Gasteiger partial charge in [0.2, 0.25) is 5.91 Å². The van der Waals surface area contributed by atoms with E-state index in [2.05, 4.69) is 5.32 Å². The van der Waals surface area contributed by atoms with E-state index >= 15 is 0 Å². The van der Waals surface area contributed by atoms with Gasteiger partial charge in [-0.15, -0.1) is 11.3 Å². The number of nitrogens with zero attached hydrogens (tertiary/aromatic N) is 1. The lowest BCUT2D eigenvalue weighted by Gasteiger charge is -2.22. The molecule has 1 aromatic heterocycles. The number of amides is 1. The van der Waals surface area contributed by atoms with E-state index in [0.29, 0.717) is 15.8 Å². The molecule has 0 saturated heterocycles. The van der Waals surface area contributed by atoms with Gasteiger partial charge in [-0.2, -0.15) is 0 Å². The number of ketones is 1. The van der Waals surface area contributed by atoms with E-state index in [1.807, 2.05) is 6.92 Å². The minimum atomic E-state index is -0.345. The lowest BCUT2D eigenvalue weighted by Crippen LogP contribution is -2.42. The van der Waals surface area contributed by atoms with Crippen LogP contribution in [-0.4, -0.2) is 42.8 Å². The van der Waals surface area contributed by atoms with Gasteiger partial charge in [0.1, 0.15) is 0 Å². The fraction of sp³-hybridized carbons (Fsp3) is 0.538. The van der Waals surface area contributed by atoms with Gasteiger partial charge in [0.15, 0.2) is 5.78 Å². The average Bonchev–Trinajstić information content (AvgIpc) is 2.81. The summed E-state index contributed by atoms with van der Waals surface area (Å²) in [5, 5.41) is 2.79. The number of hydrogen-bond acceptors (Lipinski definition) is 4. The van der Waals surface area contributed by atoms with Gasteiger partial charge in [-0.25, -0.2) is 0 Å². The van der Waals surface area contributed by atoms with Crippen LogP contribution in [0.5, 0.6) is 0 Å². The first-order chi connectivity index (χ1) is 8.95. The molecule has 1 rings (SSSR count). The molecule has 0 aliphatic carbocycles. The smallest absolute Gasteiger partial charge is 0.234 e. The number of likely N-dealkylation sites (N-methyl/N-ethyl adjacent to an activating group) is 1. The molecule has 0 bridgehead atoms. The second-order valence-electron chi connectivity index (χ2n) is 4.41. The Morgan fingerprint density at radius 1 is 1.47 bits per heavy atom. The normalized spacial score (nSPS) is 12.5. The van der Waals surface area contributed by atoms with E-state index in [1.165, 1.54) is 11.3 Å². The summed E-state index contributed by atoms with van der Waals surface area (Å²) in [7, 11) is 1.77. The summed E-state index contributed by atoms with van der Waals surface area (Å²) in [5.41, 5.74) is 0. The highest BCUT2D eigenvalue weighted by Crippen LogP contribution is 2.23. The van der Waals surface area contributed by atoms with Gasteiger partial charge >= 0.3 is 0 Å². The van der Waals surface area contributed by atoms with Crippen molar-refractivity contribution in [1.29, 1.82) is 0 Å². The first kappa shape index (κ1) is 16.1. The Morgan fingerprint density at radius 3 is 2.68 bits per heavy atom. The molecule has 4 nitrogen and oxygen atoms in total. The van der Waals surface area contributed by atoms with Crippen LogP contribution in [0.2, 0.25) is 4.34 Å². The molecule has 1 atom stereocenters. The highest BCUT2D eigenvalue weighted by atomic mass is 35.5. The summed E-state index contributed by atoms with van der Waals surface area (Å²) < 4.78 is 0.596. The molecule has 0 aromatic carbocycles. The Hall–Kier alpha value is -0.910. The van der Waals surface area contributed by atoms with Crippen LogP contribution in [0.1, 0.15) is 29.9 Å². The van der Waals surface area contributed by atoms with Gasteiger partial charge in [-0.1, -0.05) is 18.5 Å². The van der Waals surface area contributed by atoms with Gasteiger partial charge in [0.05, 0.1) is 21.8 Å². The number of carbonyl (C=O) groups excluding carboxylic acids is 2. The van der Waals surface area contributed by atoms with Gasteiger partial charge in [0, 0.05) is 6.54 Å². The predicted molar refractivity (Wildman–Crippen MR) is 79.1 cm³/mol. The van der Waals surface area contributed by atoms with E-state index < -0.39 is 0 Å². The Kier molecular flexibility index (Phi) is 6.48. The molecule has 0 aliphatic rings. The van der Waals surface area contributed by atoms with Crippen molar-refractivity contribution >= 4 is 34.6 Å². The summed E-state index contributed by atoms with van der Waals surface area (Å²) in [5.74, 6) is -0.0732. The van der Waals surface area contributed by atoms with Crippen LogP contribution in [-0.2, 0) is 4.79 Å². The number of rotatable bonds is 7. The van der Waals surface area contributed by atoms with Gasteiger partial charge in [-0.3, -0.25) is 14.5 Å². The maximum Gasteiger partial charge on any atom is 0.234 e. The Balaban J connectivity index is 2.54. The zero-order chi connectivity index (χ0) is 14.4. The molecule has 6 heteroatoms. The lowest BCUT2D eigenvalue weighted by molar-refractivity contribution is -0.122. The van der Waals surface area contributed by atoms with Gasteiger partial charge < -0.3 is 5.32 Å². The molecule has 0 aliphatic heterocycles. The minimum absolute atomic E-state index is 0.0114. The Bertz CT molecular complexity index is 448. The van der Waals surface area contributed by atoms with Crippen molar-refractivity contribution in [3.05, 3.63) is 21.3 Å². The van der Waals surface area contributed by atoms with Crippen LogP contribution < -0.4 is 5.32 Å². The third-order valence-corrected chi connectivity index (χ3v) is 4.07. The van der Waals surface area contributed by atoms with Crippen molar-refractivity contribution in [3.8, 4) is 0 Å². The number of halogens is 1. The predicted octanol–water partition coefficient (Wildman–Crippen LogP) is 2.43. The molecule has 1 amide bonds. The van der Waals surface area contributed by atoms with Gasteiger partial charge in [-0.05, 0) is 32.5 Å². The molecule has 0 saturated carbocycles. The molecule has 1 unspecified atom stereocenters. The largest absolute Gasteiger partial charge is 0.355 e. The lowest BCUT2D eigenvalue weighted by atomic mass is 10.1. The van der Waals surface area contributed by atoms with Crippen molar-refractivity contribution in [1.82, 2.24) is 10.2 Å². The number of carbonyl (C=O) groups is 2. The second-order valence-corrected chi connectivity index (χ2v) is 6.12. The SMILES string of the molecule is CCCNC(=O)CN(C)C(C)C(=O)c1ccc(Cl)s1. The maximum atomic E-state index is 12.2. The summed E-state index contributed by atoms with van der Waals surface area (Å²) in [6, 6.07) is 3.08. The highest BCUT2D eigenvalue weighted by molar-refractivity contribution is 7.18. The van der Waals surface area contributed by atoms with Crippen LogP contribution in [0.4, 0.5) is 0 Å². The number of nitrogens with one attached hydrogen (secondary N) is 1. The molecular formula is C13H19ClN2O2S. The fourth-order valence-corrected chi connectivity index (χ4v) is 2.60. The number of hydrogen-bond donors (Lipinski definition) is 1. The van der Waals surface area contributed by atoms with Crippen LogP contribution in [0, 0.1) is 0 Å². The monoisotopic (exact) mass is 302 g/mol. The maximum absolute atomic E-state index is 12.2. The highest BCUT2D eigenvalue weighted by Gasteiger charge is 2.22. The summed E-state index contributed by atoms with van der Waals surface area (Å²) in [6.45, 7) is 4.67. The minimum Gasteiger partial charge on any atom is -0.355 e. The van der Waals surface area contributed by atoms with Crippen molar-refractivity contribution in [2.75, 3.05) is 20.1 Å². The van der Waals surface area contributed by atoms with E-state index in [4.69, 9.17) is 11.6 Å². The molecule has 0 radical (unpaired) electrons. The van der Waals surface area contributed by atoms with Crippen molar-refractivity contribution in [2.45, 2.75) is 26.3 Å². The van der Waals surface area contributed by atoms with E-state index in [9.17, 15) is 9.59 Å². The molecule has 1 N–H and O–H groups in total. The quantitative estimate of drug-likeness (QED) is 0.787. The molecule has 1 heterocycles. The summed E-state index contributed by atoms with van der Waals surface area (Å²) >= 11 is 7.08. The van der Waals surface area contributed by atoms with Gasteiger partial charge in [0.25, 0.3) is 0 Å². The zero-order valence-electron chi connectivity index (χ0n) is 11.4. The van der Waals surface area contributed by atoms with E-state index in [-0.39, 0.29) is 24.3 Å². The first-order valence-electron chi connectivity index (χ1n) is 6.22. The van der Waals surface area contributed by atoms with Crippen molar-refractivity contribution in [2.24, 2.45) is 0 Å². The van der Waals surface area contributed by atoms with Crippen LogP contribution in [0.25, 0.3) is 0 Å². The molecule has 1 aromatic rings. The van der Waals surface area contributed by atoms with Crippen LogP contribution >= 0.6 is 22.9 Å². The third kappa shape index (κ3) is 4.93. The molecular weight excluding hydrogens is 284 g/mol. The Labute approximate surface area is 122 Å². The fourth-order valence-electron chi connectivity index (χ4n) is 1.54. The first-order valence-corrected chi connectivity index (χ1v) is 7.41. The standard InChI is InChI=1S/C13H19ClN2O2S/c1-4-7-15-12(17)8-16(3)9(2)13(18)10-5-6-11(14)19-10/h5-6,9H,4,7-8H2,1-3H3,(H,15,17). The Morgan fingerprint density at radius 2 is 2.16 bits per heavy atom. The van der Waals surface area contributed by atoms with Crippen LogP contribution in [0.3, 0.4) is 0 Å². The molecule has 19 heavy (non-hydrogen) atoms. The molecule has 0 fully saturated rings. The third-order valence-electron chi connectivity index (χ3n) is 2.82. The number of Topliss-reactive ketones (excluding diaryl/α,β-unsaturated/α-hetero) is 1. The zero-order valence-corrected chi connectivity index (χ0v) is 13.0. The number of thiophene rings is 1. The summed E-state index contributed by atoms with van der Waals surface area (Å²) in [6.07, 6.45) is 0.900. The topological polar surface area (TPSA) is 49.4 Å².